The van der Waals surface area contributed by atoms with Gasteiger partial charge in [-0.05, 0) is 12.5 Å². The Morgan fingerprint density at radius 3 is 2.60 bits per heavy atom. The van der Waals surface area contributed by atoms with Crippen LogP contribution in [0.3, 0.4) is 0 Å². The van der Waals surface area contributed by atoms with Crippen LogP contribution in [-0.4, -0.2) is 41.5 Å². The highest BCUT2D eigenvalue weighted by atomic mass is 16.6. The Morgan fingerprint density at radius 2 is 1.95 bits per heavy atom. The van der Waals surface area contributed by atoms with Gasteiger partial charge in [0, 0.05) is 25.9 Å². The van der Waals surface area contributed by atoms with E-state index in [1.807, 2.05) is 30.3 Å². The number of hydrogen-bond acceptors (Lipinski definition) is 3. The van der Waals surface area contributed by atoms with Crippen LogP contribution >= 0.6 is 0 Å². The number of benzene rings is 1. The van der Waals surface area contributed by atoms with Crippen molar-refractivity contribution in [3.63, 3.8) is 0 Å². The van der Waals surface area contributed by atoms with E-state index in [-0.39, 0.29) is 12.5 Å². The molecule has 0 saturated carbocycles. The summed E-state index contributed by atoms with van der Waals surface area (Å²) in [6, 6.07) is 9.06. The van der Waals surface area contributed by atoms with Gasteiger partial charge in [-0.2, -0.15) is 0 Å². The molecule has 1 aromatic carbocycles. The lowest BCUT2D eigenvalue weighted by Crippen LogP contribution is -2.50. The van der Waals surface area contributed by atoms with Gasteiger partial charge in [0.05, 0.1) is 6.61 Å². The van der Waals surface area contributed by atoms with Crippen LogP contribution in [0.25, 0.3) is 0 Å². The predicted octanol–water partition coefficient (Wildman–Crippen LogP) is 2.00. The highest BCUT2D eigenvalue weighted by Crippen LogP contribution is 2.17. The van der Waals surface area contributed by atoms with Crippen molar-refractivity contribution in [2.75, 3.05) is 13.7 Å². The molecule has 2 amide bonds. The van der Waals surface area contributed by atoms with E-state index in [4.69, 9.17) is 4.74 Å². The standard InChI is InChI=1S/C15H18N2O3/c1-3-20-15(19)17-10-9-16(2)14(18)13(17)11-12-7-5-4-6-8-12/h4-10,13H,3,11H2,1-2H3. The van der Waals surface area contributed by atoms with Crippen LogP contribution in [0.1, 0.15) is 12.5 Å². The van der Waals surface area contributed by atoms with Gasteiger partial charge in [-0.3, -0.25) is 9.69 Å². The van der Waals surface area contributed by atoms with Gasteiger partial charge in [0.15, 0.2) is 0 Å². The van der Waals surface area contributed by atoms with Gasteiger partial charge in [0.1, 0.15) is 6.04 Å². The first kappa shape index (κ1) is 14.1. The molecule has 1 unspecified atom stereocenters. The van der Waals surface area contributed by atoms with Gasteiger partial charge in [-0.15, -0.1) is 0 Å². The molecule has 1 atom stereocenters. The molecule has 1 heterocycles. The summed E-state index contributed by atoms with van der Waals surface area (Å²) in [6.07, 6.45) is 3.13. The SMILES string of the molecule is CCOC(=O)N1C=CN(C)C(=O)C1Cc1ccccc1. The molecule has 0 bridgehead atoms. The smallest absolute Gasteiger partial charge is 0.414 e. The number of ether oxygens (including phenoxy) is 1. The average molecular weight is 274 g/mol. The van der Waals surface area contributed by atoms with Crippen LogP contribution in [0, 0.1) is 0 Å². The normalized spacial score (nSPS) is 18.3. The third-order valence-electron chi connectivity index (χ3n) is 3.17. The van der Waals surface area contributed by atoms with Crippen LogP contribution in [0.15, 0.2) is 42.7 Å². The largest absolute Gasteiger partial charge is 0.449 e. The Kier molecular flexibility index (Phi) is 4.40. The van der Waals surface area contributed by atoms with Crippen molar-refractivity contribution in [1.82, 2.24) is 9.80 Å². The maximum Gasteiger partial charge on any atom is 0.414 e. The molecule has 5 nitrogen and oxygen atoms in total. The van der Waals surface area contributed by atoms with E-state index in [1.165, 1.54) is 9.80 Å². The molecule has 20 heavy (non-hydrogen) atoms. The Labute approximate surface area is 118 Å². The third kappa shape index (κ3) is 2.99. The zero-order chi connectivity index (χ0) is 14.5. The summed E-state index contributed by atoms with van der Waals surface area (Å²) in [5.41, 5.74) is 1.00. The monoisotopic (exact) mass is 274 g/mol. The van der Waals surface area contributed by atoms with Gasteiger partial charge in [-0.1, -0.05) is 30.3 Å². The maximum absolute atomic E-state index is 12.3. The molecule has 106 valence electrons. The zero-order valence-corrected chi connectivity index (χ0v) is 11.7. The van der Waals surface area contributed by atoms with E-state index >= 15 is 0 Å². The van der Waals surface area contributed by atoms with Gasteiger partial charge in [-0.25, -0.2) is 4.79 Å². The minimum atomic E-state index is -0.563. The third-order valence-corrected chi connectivity index (χ3v) is 3.17. The molecule has 1 aromatic rings. The van der Waals surface area contributed by atoms with Gasteiger partial charge >= 0.3 is 6.09 Å². The number of nitrogens with zero attached hydrogens (tertiary/aromatic N) is 2. The number of amides is 2. The average Bonchev–Trinajstić information content (AvgIpc) is 2.45. The Bertz CT molecular complexity index is 513. The van der Waals surface area contributed by atoms with Gasteiger partial charge in [0.2, 0.25) is 5.91 Å². The second-order valence-electron chi connectivity index (χ2n) is 4.56. The first-order chi connectivity index (χ1) is 9.63. The quantitative estimate of drug-likeness (QED) is 0.847. The van der Waals surface area contributed by atoms with E-state index in [0.29, 0.717) is 6.42 Å². The van der Waals surface area contributed by atoms with Crippen molar-refractivity contribution < 1.29 is 14.3 Å². The molecule has 0 spiro atoms. The zero-order valence-electron chi connectivity index (χ0n) is 11.7. The van der Waals surface area contributed by atoms with E-state index in [1.54, 1.807) is 26.4 Å². The van der Waals surface area contributed by atoms with Crippen molar-refractivity contribution >= 4 is 12.0 Å². The summed E-state index contributed by atoms with van der Waals surface area (Å²) >= 11 is 0. The van der Waals surface area contributed by atoms with E-state index in [2.05, 4.69) is 0 Å². The molecule has 0 N–H and O–H groups in total. The first-order valence-corrected chi connectivity index (χ1v) is 6.57. The summed E-state index contributed by atoms with van der Waals surface area (Å²) in [7, 11) is 1.68. The summed E-state index contributed by atoms with van der Waals surface area (Å²) in [5, 5.41) is 0. The second kappa shape index (κ2) is 6.23. The fourth-order valence-corrected chi connectivity index (χ4v) is 2.11. The van der Waals surface area contributed by atoms with E-state index < -0.39 is 12.1 Å². The summed E-state index contributed by atoms with van der Waals surface area (Å²) < 4.78 is 5.00. The number of carbonyl (C=O) groups is 2. The van der Waals surface area contributed by atoms with Crippen LogP contribution in [0.5, 0.6) is 0 Å². The van der Waals surface area contributed by atoms with Crippen LogP contribution in [0.4, 0.5) is 4.79 Å². The maximum atomic E-state index is 12.3. The van der Waals surface area contributed by atoms with Crippen molar-refractivity contribution in [2.24, 2.45) is 0 Å². The minimum Gasteiger partial charge on any atom is -0.449 e. The fraction of sp³-hybridized carbons (Fsp3) is 0.333. The Morgan fingerprint density at radius 1 is 1.25 bits per heavy atom. The van der Waals surface area contributed by atoms with Gasteiger partial charge < -0.3 is 9.64 Å². The molecule has 0 radical (unpaired) electrons. The van der Waals surface area contributed by atoms with Crippen molar-refractivity contribution in [1.29, 1.82) is 0 Å². The molecule has 0 aromatic heterocycles. The molecule has 2 rings (SSSR count). The molecule has 1 aliphatic heterocycles. The topological polar surface area (TPSA) is 49.9 Å². The number of rotatable bonds is 3. The fourth-order valence-electron chi connectivity index (χ4n) is 2.11. The number of hydrogen-bond donors (Lipinski definition) is 0. The highest BCUT2D eigenvalue weighted by Gasteiger charge is 2.34. The molecular weight excluding hydrogens is 256 g/mol. The molecular formula is C15H18N2O3. The lowest BCUT2D eigenvalue weighted by atomic mass is 10.0. The van der Waals surface area contributed by atoms with Crippen LogP contribution < -0.4 is 0 Å². The van der Waals surface area contributed by atoms with Crippen molar-refractivity contribution in [3.8, 4) is 0 Å². The lowest BCUT2D eigenvalue weighted by Gasteiger charge is -2.33. The van der Waals surface area contributed by atoms with Crippen LogP contribution in [-0.2, 0) is 16.0 Å². The second-order valence-corrected chi connectivity index (χ2v) is 4.56. The summed E-state index contributed by atoms with van der Waals surface area (Å²) in [4.78, 5) is 27.1. The number of carbonyl (C=O) groups excluding carboxylic acids is 2. The lowest BCUT2D eigenvalue weighted by molar-refractivity contribution is -0.133. The molecule has 0 saturated heterocycles. The molecule has 0 fully saturated rings. The van der Waals surface area contributed by atoms with E-state index in [9.17, 15) is 9.59 Å². The van der Waals surface area contributed by atoms with E-state index in [0.717, 1.165) is 5.56 Å². The highest BCUT2D eigenvalue weighted by molar-refractivity contribution is 5.88. The van der Waals surface area contributed by atoms with Crippen molar-refractivity contribution in [2.45, 2.75) is 19.4 Å². The summed E-state index contributed by atoms with van der Waals surface area (Å²) in [6.45, 7) is 2.02. The number of likely N-dealkylation sites (N-methyl/N-ethyl adjacent to an activating group) is 1. The molecule has 5 heteroatoms. The van der Waals surface area contributed by atoms with Gasteiger partial charge in [0.25, 0.3) is 0 Å². The molecule has 0 aliphatic carbocycles. The molecule has 1 aliphatic rings. The summed E-state index contributed by atoms with van der Waals surface area (Å²) in [5.74, 6) is -0.121. The van der Waals surface area contributed by atoms with Crippen molar-refractivity contribution in [3.05, 3.63) is 48.3 Å². The predicted molar refractivity (Wildman–Crippen MR) is 74.7 cm³/mol. The van der Waals surface area contributed by atoms with Crippen LogP contribution in [0.2, 0.25) is 0 Å². The Hall–Kier alpha value is -2.30. The minimum absolute atomic E-state index is 0.121. The first-order valence-electron chi connectivity index (χ1n) is 6.57. The Balaban J connectivity index is 2.22.